The molecule has 0 aliphatic rings. The Bertz CT molecular complexity index is 751. The van der Waals surface area contributed by atoms with Gasteiger partial charge in [0.2, 0.25) is 0 Å². The molecular weight excluding hydrogens is 241 g/mol. The molecule has 3 rings (SSSR count). The molecule has 18 heavy (non-hydrogen) atoms. The van der Waals surface area contributed by atoms with Gasteiger partial charge in [0.05, 0.1) is 29.0 Å². The van der Waals surface area contributed by atoms with Crippen LogP contribution in [0, 0.1) is 11.3 Å². The Morgan fingerprint density at radius 1 is 1.11 bits per heavy atom. The molecule has 1 unspecified atom stereocenters. The molecule has 0 aliphatic heterocycles. The van der Waals surface area contributed by atoms with Crippen molar-refractivity contribution in [3.05, 3.63) is 54.2 Å². The number of nitriles is 1. The van der Waals surface area contributed by atoms with Gasteiger partial charge in [0.1, 0.15) is 0 Å². The maximum atomic E-state index is 8.79. The second kappa shape index (κ2) is 4.25. The van der Waals surface area contributed by atoms with E-state index in [1.54, 1.807) is 12.1 Å². The molecule has 86 valence electrons. The zero-order valence-corrected chi connectivity index (χ0v) is 10.7. The fourth-order valence-corrected chi connectivity index (χ4v) is 2.29. The van der Waals surface area contributed by atoms with Crippen LogP contribution in [0.25, 0.3) is 16.6 Å². The van der Waals surface area contributed by atoms with Crippen LogP contribution in [0.3, 0.4) is 0 Å². The third kappa shape index (κ3) is 1.68. The Hall–Kier alpha value is -2.17. The van der Waals surface area contributed by atoms with E-state index in [0.717, 1.165) is 21.9 Å². The monoisotopic (exact) mass is 251 g/mol. The molecule has 0 spiro atoms. The highest BCUT2D eigenvalue weighted by Gasteiger charge is 2.06. The molecule has 2 aromatic carbocycles. The van der Waals surface area contributed by atoms with Crippen molar-refractivity contribution < 1.29 is 0 Å². The van der Waals surface area contributed by atoms with Crippen molar-refractivity contribution >= 4 is 25.4 Å². The fraction of sp³-hybridized carbons (Fsp3) is 0. The molecule has 1 heterocycles. The predicted octanol–water partition coefficient (Wildman–Crippen LogP) is 2.40. The third-order valence-electron chi connectivity index (χ3n) is 2.89. The molecule has 0 bridgehead atoms. The fourth-order valence-electron chi connectivity index (χ4n) is 1.96. The topological polar surface area (TPSA) is 41.6 Å². The Labute approximate surface area is 107 Å². The standard InChI is InChI=1S/C14H10N3P/c15-8-10-4-6-11(7-5-10)17-13-2-1-3-14(18)12(13)9-16-17/h1-7,9H,18H2. The lowest BCUT2D eigenvalue weighted by molar-refractivity contribution is 0.910. The molecule has 4 heteroatoms. The van der Waals surface area contributed by atoms with Crippen LogP contribution in [0.2, 0.25) is 0 Å². The molecule has 0 saturated carbocycles. The molecule has 0 fully saturated rings. The zero-order chi connectivity index (χ0) is 12.5. The van der Waals surface area contributed by atoms with E-state index in [-0.39, 0.29) is 0 Å². The number of aromatic nitrogens is 2. The summed E-state index contributed by atoms with van der Waals surface area (Å²) in [5.74, 6) is 0. The van der Waals surface area contributed by atoms with Crippen LogP contribution >= 0.6 is 9.24 Å². The van der Waals surface area contributed by atoms with Gasteiger partial charge < -0.3 is 0 Å². The number of hydrogen-bond donors (Lipinski definition) is 0. The first-order valence-corrected chi connectivity index (χ1v) is 6.10. The number of hydrogen-bond acceptors (Lipinski definition) is 2. The summed E-state index contributed by atoms with van der Waals surface area (Å²) in [6, 6.07) is 15.6. The van der Waals surface area contributed by atoms with E-state index in [1.165, 1.54) is 0 Å². The van der Waals surface area contributed by atoms with Crippen LogP contribution in [0.4, 0.5) is 0 Å². The molecule has 3 nitrogen and oxygen atoms in total. The predicted molar refractivity (Wildman–Crippen MR) is 75.1 cm³/mol. The Morgan fingerprint density at radius 2 is 1.89 bits per heavy atom. The second-order valence-corrected chi connectivity index (χ2v) is 4.62. The van der Waals surface area contributed by atoms with Gasteiger partial charge in [-0.2, -0.15) is 10.4 Å². The number of nitrogens with zero attached hydrogens (tertiary/aromatic N) is 3. The zero-order valence-electron chi connectivity index (χ0n) is 9.54. The Balaban J connectivity index is 2.20. The van der Waals surface area contributed by atoms with E-state index in [2.05, 4.69) is 20.4 Å². The summed E-state index contributed by atoms with van der Waals surface area (Å²) in [6.45, 7) is 0. The highest BCUT2D eigenvalue weighted by Crippen LogP contribution is 2.18. The van der Waals surface area contributed by atoms with Gasteiger partial charge in [0.15, 0.2) is 0 Å². The molecule has 0 radical (unpaired) electrons. The number of rotatable bonds is 1. The van der Waals surface area contributed by atoms with Gasteiger partial charge in [-0.05, 0) is 35.6 Å². The van der Waals surface area contributed by atoms with Gasteiger partial charge in [-0.15, -0.1) is 9.24 Å². The summed E-state index contributed by atoms with van der Waals surface area (Å²) < 4.78 is 1.88. The van der Waals surface area contributed by atoms with Crippen molar-refractivity contribution in [1.29, 1.82) is 5.26 Å². The van der Waals surface area contributed by atoms with Crippen LogP contribution < -0.4 is 5.30 Å². The van der Waals surface area contributed by atoms with E-state index in [1.807, 2.05) is 41.2 Å². The molecule has 1 aromatic heterocycles. The van der Waals surface area contributed by atoms with Gasteiger partial charge in [0.25, 0.3) is 0 Å². The number of fused-ring (bicyclic) bond motifs is 1. The first-order chi connectivity index (χ1) is 8.79. The lowest BCUT2D eigenvalue weighted by atomic mass is 10.2. The van der Waals surface area contributed by atoms with Crippen LogP contribution in [0.15, 0.2) is 48.7 Å². The average molecular weight is 251 g/mol. The van der Waals surface area contributed by atoms with Crippen molar-refractivity contribution in [3.63, 3.8) is 0 Å². The molecule has 0 aliphatic carbocycles. The second-order valence-electron chi connectivity index (χ2n) is 4.00. The van der Waals surface area contributed by atoms with Gasteiger partial charge in [0, 0.05) is 5.39 Å². The summed E-state index contributed by atoms with van der Waals surface area (Å²) in [4.78, 5) is 0. The molecule has 0 saturated heterocycles. The largest absolute Gasteiger partial charge is 0.233 e. The van der Waals surface area contributed by atoms with Crippen molar-refractivity contribution in [2.45, 2.75) is 0 Å². The van der Waals surface area contributed by atoms with E-state index in [9.17, 15) is 0 Å². The molecule has 0 N–H and O–H groups in total. The van der Waals surface area contributed by atoms with Gasteiger partial charge in [-0.1, -0.05) is 12.1 Å². The summed E-state index contributed by atoms with van der Waals surface area (Å²) in [5.41, 5.74) is 2.67. The first kappa shape index (κ1) is 11.0. The first-order valence-electron chi connectivity index (χ1n) is 5.52. The molecule has 0 amide bonds. The summed E-state index contributed by atoms with van der Waals surface area (Å²) in [5, 5.41) is 15.4. The quantitative estimate of drug-likeness (QED) is 0.623. The summed E-state index contributed by atoms with van der Waals surface area (Å²) >= 11 is 0. The lowest BCUT2D eigenvalue weighted by Crippen LogP contribution is -1.97. The smallest absolute Gasteiger partial charge is 0.0991 e. The SMILES string of the molecule is N#Cc1ccc(-n2ncc3c(P)cccc32)cc1. The maximum Gasteiger partial charge on any atom is 0.0991 e. The van der Waals surface area contributed by atoms with Crippen molar-refractivity contribution in [2.75, 3.05) is 0 Å². The summed E-state index contributed by atoms with van der Waals surface area (Å²) in [6.07, 6.45) is 1.86. The van der Waals surface area contributed by atoms with Crippen LogP contribution in [-0.2, 0) is 0 Å². The van der Waals surface area contributed by atoms with Crippen molar-refractivity contribution in [1.82, 2.24) is 9.78 Å². The average Bonchev–Trinajstić information content (AvgIpc) is 2.84. The van der Waals surface area contributed by atoms with Crippen molar-refractivity contribution in [3.8, 4) is 11.8 Å². The normalized spacial score (nSPS) is 10.4. The van der Waals surface area contributed by atoms with Gasteiger partial charge in [-0.25, -0.2) is 4.68 Å². The van der Waals surface area contributed by atoms with Crippen molar-refractivity contribution in [2.24, 2.45) is 0 Å². The van der Waals surface area contributed by atoms with Gasteiger partial charge in [-0.3, -0.25) is 0 Å². The van der Waals surface area contributed by atoms with E-state index in [4.69, 9.17) is 5.26 Å². The molecule has 3 aromatic rings. The van der Waals surface area contributed by atoms with E-state index in [0.29, 0.717) is 5.56 Å². The molecule has 1 atom stereocenters. The van der Waals surface area contributed by atoms with Crippen LogP contribution in [0.5, 0.6) is 0 Å². The summed E-state index contributed by atoms with van der Waals surface area (Å²) in [7, 11) is 2.71. The number of benzene rings is 2. The Kier molecular flexibility index (Phi) is 2.59. The maximum absolute atomic E-state index is 8.79. The Morgan fingerprint density at radius 3 is 2.61 bits per heavy atom. The van der Waals surface area contributed by atoms with Crippen LogP contribution in [0.1, 0.15) is 5.56 Å². The third-order valence-corrected chi connectivity index (χ3v) is 3.39. The van der Waals surface area contributed by atoms with E-state index >= 15 is 0 Å². The van der Waals surface area contributed by atoms with E-state index < -0.39 is 0 Å². The van der Waals surface area contributed by atoms with Crippen LogP contribution in [-0.4, -0.2) is 9.78 Å². The highest BCUT2D eigenvalue weighted by atomic mass is 31.0. The minimum absolute atomic E-state index is 0.655. The minimum atomic E-state index is 0.655. The highest BCUT2D eigenvalue weighted by molar-refractivity contribution is 7.28. The molecular formula is C14H10N3P. The van der Waals surface area contributed by atoms with Gasteiger partial charge >= 0.3 is 0 Å². The minimum Gasteiger partial charge on any atom is -0.233 e. The lowest BCUT2D eigenvalue weighted by Gasteiger charge is -2.03.